The molecule has 0 atom stereocenters. The largest absolute Gasteiger partial charge is 0.455 e. The first-order valence-corrected chi connectivity index (χ1v) is 34.3. The Balaban J connectivity index is 0.942. The maximum atomic E-state index is 9.85. The summed E-state index contributed by atoms with van der Waals surface area (Å²) in [6.07, 6.45) is 0. The highest BCUT2D eigenvalue weighted by atomic mass is 32.1. The quantitative estimate of drug-likeness (QED) is 0.142. The Bertz CT molecular complexity index is 6870. The minimum Gasteiger partial charge on any atom is -0.455 e. The third kappa shape index (κ3) is 8.12. The van der Waals surface area contributed by atoms with Gasteiger partial charge in [0.1, 0.15) is 22.3 Å². The van der Waals surface area contributed by atoms with Crippen LogP contribution < -0.4 is 0 Å². The molecule has 0 aliphatic rings. The van der Waals surface area contributed by atoms with Gasteiger partial charge in [-0.15, -0.1) is 22.7 Å². The first-order chi connectivity index (χ1) is 48.5. The van der Waals surface area contributed by atoms with Crippen LogP contribution in [-0.4, -0.2) is 24.1 Å². The molecule has 0 spiro atoms. The van der Waals surface area contributed by atoms with Crippen molar-refractivity contribution in [3.63, 3.8) is 0 Å². The smallest absolute Gasteiger partial charge is 0.213 e. The molecular formula is C88H48N6O2S2. The number of para-hydroxylation sites is 2. The summed E-state index contributed by atoms with van der Waals surface area (Å²) in [7, 11) is 0. The van der Waals surface area contributed by atoms with Gasteiger partial charge in [-0.1, -0.05) is 200 Å². The molecule has 0 aliphatic carbocycles. The van der Waals surface area contributed by atoms with Gasteiger partial charge in [-0.3, -0.25) is 0 Å². The summed E-state index contributed by atoms with van der Waals surface area (Å²) >= 11 is 3.53. The Morgan fingerprint density at radius 1 is 0.296 bits per heavy atom. The van der Waals surface area contributed by atoms with Crippen LogP contribution in [0, 0.1) is 6.57 Å². The number of fused-ring (bicyclic) bond motifs is 20. The topological polar surface area (TPSA) is 79.2 Å². The van der Waals surface area contributed by atoms with Crippen LogP contribution in [0.1, 0.15) is 0 Å². The standard InChI is InChI=1S/C88H48N6O2S2/c1-89-68-49-67(88-91-86(55-33-37-61-59-27-13-17-31-75(59)97-77(61)47-55)90-87(92-88)56-34-38-62-60-28-14-18-32-76(60)98-78(62)48-56)79(52-23-9-4-10-24-52)83(94-70-42-36-54(51-21-7-3-8-22-51)46-66(70)81-72(94)44-40-64-58-26-12-16-30-74(58)96-85(64)81)82(68)93-69-41-35-53(50-19-5-2-6-20-50)45-65(69)80-71(93)43-39-63-57-25-11-15-29-73(57)95-84(63)80/h2-49H. The van der Waals surface area contributed by atoms with E-state index in [1.54, 1.807) is 22.7 Å². The number of thiophene rings is 2. The average molecular weight is 1290 g/mol. The van der Waals surface area contributed by atoms with Crippen LogP contribution in [0.15, 0.2) is 300 Å². The van der Waals surface area contributed by atoms with E-state index in [-0.39, 0.29) is 0 Å². The molecule has 0 unspecified atom stereocenters. The van der Waals surface area contributed by atoms with Crippen molar-refractivity contribution in [3.8, 4) is 78.9 Å². The Morgan fingerprint density at radius 2 is 0.694 bits per heavy atom. The van der Waals surface area contributed by atoms with Crippen molar-refractivity contribution < 1.29 is 8.83 Å². The lowest BCUT2D eigenvalue weighted by molar-refractivity contribution is 0.672. The van der Waals surface area contributed by atoms with Gasteiger partial charge in [-0.25, -0.2) is 19.8 Å². The maximum absolute atomic E-state index is 9.85. The second-order valence-corrected chi connectivity index (χ2v) is 27.3. The fourth-order valence-corrected chi connectivity index (χ4v) is 17.7. The first kappa shape index (κ1) is 54.6. The number of aromatic nitrogens is 5. The van der Waals surface area contributed by atoms with Gasteiger partial charge in [0.25, 0.3) is 0 Å². The SMILES string of the molecule is [C-]#[N+]c1cc(-c2nc(-c3ccc4c(c3)sc3ccccc34)nc(-c3ccc4c(c3)sc3ccccc34)n2)c(-c2ccccc2)c(-n2c3ccc(-c4ccccc4)cc3c3c4oc5ccccc5c4ccc32)c1-n1c2ccc(-c3ccccc3)cc2c2c3oc4ccccc4c3ccc21. The molecule has 21 rings (SSSR count). The molecule has 98 heavy (non-hydrogen) atoms. The Hall–Kier alpha value is -12.8. The van der Waals surface area contributed by atoms with Crippen LogP contribution in [0.25, 0.3) is 212 Å². The molecule has 0 aliphatic heterocycles. The van der Waals surface area contributed by atoms with Crippen LogP contribution in [0.5, 0.6) is 0 Å². The van der Waals surface area contributed by atoms with Crippen molar-refractivity contribution in [2.45, 2.75) is 0 Å². The Labute approximate surface area is 566 Å². The van der Waals surface area contributed by atoms with Crippen molar-refractivity contribution in [2.75, 3.05) is 0 Å². The molecule has 7 aromatic heterocycles. The third-order valence-corrected chi connectivity index (χ3v) is 22.1. The van der Waals surface area contributed by atoms with E-state index < -0.39 is 0 Å². The molecule has 0 radical (unpaired) electrons. The third-order valence-electron chi connectivity index (χ3n) is 19.8. The van der Waals surface area contributed by atoms with E-state index in [1.807, 2.05) is 24.3 Å². The van der Waals surface area contributed by atoms with Crippen LogP contribution >= 0.6 is 22.7 Å². The fourth-order valence-electron chi connectivity index (χ4n) is 15.4. The van der Waals surface area contributed by atoms with E-state index in [2.05, 4.69) is 276 Å². The first-order valence-electron chi connectivity index (χ1n) is 32.7. The van der Waals surface area contributed by atoms with Crippen LogP contribution in [-0.2, 0) is 0 Å². The number of nitrogens with zero attached hydrogens (tertiary/aromatic N) is 6. The summed E-state index contributed by atoms with van der Waals surface area (Å²) < 4.78 is 23.6. The molecule has 14 aromatic carbocycles. The van der Waals surface area contributed by atoms with Gasteiger partial charge in [0.2, 0.25) is 5.69 Å². The molecular weight excluding hydrogens is 1240 g/mol. The molecule has 0 amide bonds. The zero-order valence-electron chi connectivity index (χ0n) is 52.0. The lowest BCUT2D eigenvalue weighted by Crippen LogP contribution is -2.09. The molecule has 0 fully saturated rings. The van der Waals surface area contributed by atoms with Crippen LogP contribution in [0.4, 0.5) is 5.69 Å². The van der Waals surface area contributed by atoms with E-state index in [9.17, 15) is 6.57 Å². The predicted molar refractivity (Wildman–Crippen MR) is 408 cm³/mol. The molecule has 0 saturated heterocycles. The van der Waals surface area contributed by atoms with Crippen molar-refractivity contribution in [2.24, 2.45) is 0 Å². The normalized spacial score (nSPS) is 12.1. The van der Waals surface area contributed by atoms with Gasteiger partial charge in [-0.05, 0) is 119 Å². The second-order valence-electron chi connectivity index (χ2n) is 25.2. The van der Waals surface area contributed by atoms with Gasteiger partial charge < -0.3 is 18.0 Å². The fraction of sp³-hybridized carbons (Fsp3) is 0. The van der Waals surface area contributed by atoms with Crippen molar-refractivity contribution in [3.05, 3.63) is 303 Å². The lowest BCUT2D eigenvalue weighted by Gasteiger charge is -2.25. The molecule has 454 valence electrons. The van der Waals surface area contributed by atoms with Crippen molar-refractivity contribution >= 4 is 156 Å². The Kier molecular flexibility index (Phi) is 11.8. The van der Waals surface area contributed by atoms with E-state index in [0.29, 0.717) is 34.4 Å². The van der Waals surface area contributed by atoms with Crippen molar-refractivity contribution in [1.29, 1.82) is 0 Å². The van der Waals surface area contributed by atoms with Gasteiger partial charge in [0.05, 0.1) is 50.8 Å². The summed E-state index contributed by atoms with van der Waals surface area (Å²) in [5.41, 5.74) is 16.9. The molecule has 7 heterocycles. The van der Waals surface area contributed by atoms with Gasteiger partial charge >= 0.3 is 0 Å². The molecule has 0 N–H and O–H groups in total. The minimum absolute atomic E-state index is 0.382. The predicted octanol–water partition coefficient (Wildman–Crippen LogP) is 25.2. The molecule has 10 heteroatoms. The number of furan rings is 2. The van der Waals surface area contributed by atoms with Crippen LogP contribution in [0.2, 0.25) is 0 Å². The molecule has 0 saturated carbocycles. The zero-order chi connectivity index (χ0) is 64.3. The molecule has 21 aromatic rings. The summed E-state index contributed by atoms with van der Waals surface area (Å²) in [4.78, 5) is 21.7. The highest BCUT2D eigenvalue weighted by molar-refractivity contribution is 7.26. The summed E-state index contributed by atoms with van der Waals surface area (Å²) in [5.74, 6) is 1.44. The van der Waals surface area contributed by atoms with Gasteiger partial charge in [-0.2, -0.15) is 0 Å². The number of hydrogen-bond acceptors (Lipinski definition) is 7. The van der Waals surface area contributed by atoms with Gasteiger partial charge in [0.15, 0.2) is 17.5 Å². The number of benzene rings is 14. The second kappa shape index (κ2) is 21.1. The van der Waals surface area contributed by atoms with E-state index >= 15 is 0 Å². The van der Waals surface area contributed by atoms with Gasteiger partial charge in [0, 0.05) is 94.9 Å². The zero-order valence-corrected chi connectivity index (χ0v) is 53.7. The minimum atomic E-state index is 0.382. The number of hydrogen-bond donors (Lipinski definition) is 0. The Morgan fingerprint density at radius 3 is 1.19 bits per heavy atom. The average Bonchev–Trinajstić information content (AvgIpc) is 1.53. The number of rotatable bonds is 8. The van der Waals surface area contributed by atoms with Crippen molar-refractivity contribution in [1.82, 2.24) is 24.1 Å². The van der Waals surface area contributed by atoms with E-state index in [1.165, 1.54) is 30.9 Å². The molecule has 0 bridgehead atoms. The summed E-state index contributed by atoms with van der Waals surface area (Å²) in [6.45, 7) is 9.85. The summed E-state index contributed by atoms with van der Waals surface area (Å²) in [5, 5.41) is 12.7. The highest BCUT2D eigenvalue weighted by Crippen LogP contribution is 2.53. The highest BCUT2D eigenvalue weighted by Gasteiger charge is 2.32. The summed E-state index contributed by atoms with van der Waals surface area (Å²) in [6, 6.07) is 103. The maximum Gasteiger partial charge on any atom is 0.213 e. The van der Waals surface area contributed by atoms with E-state index in [4.69, 9.17) is 28.6 Å². The monoisotopic (exact) mass is 1280 g/mol. The lowest BCUT2D eigenvalue weighted by atomic mass is 9.93. The van der Waals surface area contributed by atoms with Crippen LogP contribution in [0.3, 0.4) is 0 Å². The van der Waals surface area contributed by atoms with E-state index in [0.717, 1.165) is 147 Å². The molecule has 8 nitrogen and oxygen atoms in total.